The van der Waals surface area contributed by atoms with Crippen LogP contribution in [0.2, 0.25) is 0 Å². The Morgan fingerprint density at radius 2 is 2.05 bits per heavy atom. The Morgan fingerprint density at radius 1 is 1.35 bits per heavy atom. The Kier molecular flexibility index (Phi) is 4.51. The van der Waals surface area contributed by atoms with Crippen molar-refractivity contribution in [2.45, 2.75) is 11.8 Å². The number of nitro groups is 1. The molecule has 0 aliphatic rings. The number of carbonyl (C=O) groups excluding carboxylic acids is 1. The molecule has 1 aromatic carbocycles. The number of hydrogen-bond donors (Lipinski definition) is 1. The standard InChI is InChI=1S/C13H11BrN2O3S/c1-8(14)9-4-2-3-5-10(9)15-13(17)11-6-7-12(20-11)16(18)19/h2-8H,1H3,(H,15,17). The topological polar surface area (TPSA) is 72.2 Å². The summed E-state index contributed by atoms with van der Waals surface area (Å²) in [4.78, 5) is 22.6. The molecule has 0 spiro atoms. The van der Waals surface area contributed by atoms with Crippen molar-refractivity contribution in [3.63, 3.8) is 0 Å². The molecular weight excluding hydrogens is 344 g/mol. The summed E-state index contributed by atoms with van der Waals surface area (Å²) in [5.74, 6) is -0.344. The van der Waals surface area contributed by atoms with E-state index in [9.17, 15) is 14.9 Å². The number of benzene rings is 1. The van der Waals surface area contributed by atoms with Crippen LogP contribution in [0.15, 0.2) is 36.4 Å². The van der Waals surface area contributed by atoms with Gasteiger partial charge in [-0.25, -0.2) is 0 Å². The molecule has 0 aliphatic carbocycles. The lowest BCUT2D eigenvalue weighted by Gasteiger charge is -2.11. The van der Waals surface area contributed by atoms with E-state index in [2.05, 4.69) is 21.2 Å². The van der Waals surface area contributed by atoms with Gasteiger partial charge in [-0.2, -0.15) is 0 Å². The highest BCUT2D eigenvalue weighted by Crippen LogP contribution is 2.30. The third-order valence-electron chi connectivity index (χ3n) is 2.63. The molecule has 1 aromatic heterocycles. The van der Waals surface area contributed by atoms with E-state index in [1.807, 2.05) is 25.1 Å². The number of anilines is 1. The van der Waals surface area contributed by atoms with Gasteiger partial charge in [0.1, 0.15) is 0 Å². The van der Waals surface area contributed by atoms with E-state index in [1.165, 1.54) is 12.1 Å². The third-order valence-corrected chi connectivity index (χ3v) is 4.16. The average Bonchev–Trinajstić information content (AvgIpc) is 2.89. The summed E-state index contributed by atoms with van der Waals surface area (Å²) < 4.78 is 0. The second kappa shape index (κ2) is 6.15. The zero-order valence-electron chi connectivity index (χ0n) is 10.5. The summed E-state index contributed by atoms with van der Waals surface area (Å²) in [5.41, 5.74) is 1.64. The lowest BCUT2D eigenvalue weighted by Crippen LogP contribution is -2.11. The van der Waals surface area contributed by atoms with Crippen molar-refractivity contribution in [1.29, 1.82) is 0 Å². The molecule has 104 valence electrons. The summed E-state index contributed by atoms with van der Waals surface area (Å²) in [5, 5.41) is 13.4. The number of halogens is 1. The van der Waals surface area contributed by atoms with Crippen molar-refractivity contribution >= 4 is 43.9 Å². The minimum atomic E-state index is -0.504. The molecule has 1 amide bonds. The van der Waals surface area contributed by atoms with Gasteiger partial charge in [0, 0.05) is 16.6 Å². The van der Waals surface area contributed by atoms with Crippen LogP contribution in [-0.4, -0.2) is 10.8 Å². The predicted molar refractivity (Wildman–Crippen MR) is 82.7 cm³/mol. The Balaban J connectivity index is 2.21. The first kappa shape index (κ1) is 14.7. The second-order valence-corrected chi connectivity index (χ2v) is 6.49. The van der Waals surface area contributed by atoms with Crippen molar-refractivity contribution in [2.75, 3.05) is 5.32 Å². The lowest BCUT2D eigenvalue weighted by molar-refractivity contribution is -0.380. The van der Waals surface area contributed by atoms with Gasteiger partial charge in [0.25, 0.3) is 5.91 Å². The highest BCUT2D eigenvalue weighted by Gasteiger charge is 2.16. The smallest absolute Gasteiger partial charge is 0.321 e. The summed E-state index contributed by atoms with van der Waals surface area (Å²) in [6.07, 6.45) is 0. The van der Waals surface area contributed by atoms with Crippen LogP contribution in [0, 0.1) is 10.1 Å². The molecule has 0 fully saturated rings. The Bertz CT molecular complexity index is 655. The van der Waals surface area contributed by atoms with Crippen molar-refractivity contribution in [3.8, 4) is 0 Å². The molecule has 0 aliphatic heterocycles. The number of amides is 1. The number of thiophene rings is 1. The van der Waals surface area contributed by atoms with Crippen LogP contribution in [0.25, 0.3) is 0 Å². The molecular formula is C13H11BrN2O3S. The molecule has 1 atom stereocenters. The summed E-state index contributed by atoms with van der Waals surface area (Å²) in [7, 11) is 0. The molecule has 0 saturated carbocycles. The van der Waals surface area contributed by atoms with Crippen LogP contribution in [0.4, 0.5) is 10.7 Å². The number of hydrogen-bond acceptors (Lipinski definition) is 4. The summed E-state index contributed by atoms with van der Waals surface area (Å²) >= 11 is 4.32. The molecule has 2 rings (SSSR count). The first-order valence-corrected chi connectivity index (χ1v) is 7.51. The Hall–Kier alpha value is -1.73. The van der Waals surface area contributed by atoms with E-state index in [0.29, 0.717) is 10.6 Å². The fourth-order valence-electron chi connectivity index (χ4n) is 1.69. The third kappa shape index (κ3) is 3.23. The van der Waals surface area contributed by atoms with Crippen LogP contribution in [-0.2, 0) is 0 Å². The molecule has 20 heavy (non-hydrogen) atoms. The largest absolute Gasteiger partial charge is 0.324 e. The van der Waals surface area contributed by atoms with E-state index in [0.717, 1.165) is 16.9 Å². The van der Waals surface area contributed by atoms with Gasteiger partial charge in [0.05, 0.1) is 9.80 Å². The van der Waals surface area contributed by atoms with Gasteiger partial charge in [-0.05, 0) is 24.6 Å². The van der Waals surface area contributed by atoms with Crippen LogP contribution in [0.5, 0.6) is 0 Å². The number of para-hydroxylation sites is 1. The van der Waals surface area contributed by atoms with Gasteiger partial charge in [0.15, 0.2) is 0 Å². The Labute approximate surface area is 127 Å². The maximum atomic E-state index is 12.1. The molecule has 5 nitrogen and oxygen atoms in total. The highest BCUT2D eigenvalue weighted by molar-refractivity contribution is 9.09. The van der Waals surface area contributed by atoms with Gasteiger partial charge >= 0.3 is 5.00 Å². The summed E-state index contributed by atoms with van der Waals surface area (Å²) in [6.45, 7) is 1.96. The fraction of sp³-hybridized carbons (Fsp3) is 0.154. The molecule has 0 bridgehead atoms. The molecule has 7 heteroatoms. The van der Waals surface area contributed by atoms with Crippen LogP contribution in [0.1, 0.15) is 27.0 Å². The zero-order chi connectivity index (χ0) is 14.7. The molecule has 1 heterocycles. The average molecular weight is 355 g/mol. The number of nitrogens with zero attached hydrogens (tertiary/aromatic N) is 1. The molecule has 1 N–H and O–H groups in total. The fourth-order valence-corrected chi connectivity index (χ4v) is 2.80. The van der Waals surface area contributed by atoms with Gasteiger partial charge in [-0.3, -0.25) is 14.9 Å². The molecule has 2 aromatic rings. The van der Waals surface area contributed by atoms with E-state index in [4.69, 9.17) is 0 Å². The monoisotopic (exact) mass is 354 g/mol. The molecule has 1 unspecified atom stereocenters. The van der Waals surface area contributed by atoms with Gasteiger partial charge in [-0.1, -0.05) is 45.5 Å². The second-order valence-electron chi connectivity index (χ2n) is 4.05. The number of alkyl halides is 1. The van der Waals surface area contributed by atoms with E-state index in [-0.39, 0.29) is 15.7 Å². The van der Waals surface area contributed by atoms with Crippen LogP contribution < -0.4 is 5.32 Å². The first-order valence-electron chi connectivity index (χ1n) is 5.77. The summed E-state index contributed by atoms with van der Waals surface area (Å²) in [6, 6.07) is 10.2. The van der Waals surface area contributed by atoms with Crippen LogP contribution >= 0.6 is 27.3 Å². The SMILES string of the molecule is CC(Br)c1ccccc1NC(=O)c1ccc([N+](=O)[O-])s1. The number of nitrogens with one attached hydrogen (secondary N) is 1. The highest BCUT2D eigenvalue weighted by atomic mass is 79.9. The normalized spacial score (nSPS) is 11.9. The van der Waals surface area contributed by atoms with Gasteiger partial charge in [-0.15, -0.1) is 0 Å². The minimum Gasteiger partial charge on any atom is -0.321 e. The molecule has 0 saturated heterocycles. The molecule has 0 radical (unpaired) electrons. The van der Waals surface area contributed by atoms with Gasteiger partial charge < -0.3 is 5.32 Å². The first-order chi connectivity index (χ1) is 9.49. The maximum absolute atomic E-state index is 12.1. The lowest BCUT2D eigenvalue weighted by atomic mass is 10.1. The van der Waals surface area contributed by atoms with E-state index < -0.39 is 4.92 Å². The zero-order valence-corrected chi connectivity index (χ0v) is 12.9. The predicted octanol–water partition coefficient (Wildman–Crippen LogP) is 4.36. The quantitative estimate of drug-likeness (QED) is 0.503. The van der Waals surface area contributed by atoms with Crippen molar-refractivity contribution in [3.05, 3.63) is 57.0 Å². The number of carbonyl (C=O) groups is 1. The van der Waals surface area contributed by atoms with Crippen molar-refractivity contribution < 1.29 is 9.72 Å². The minimum absolute atomic E-state index is 0.0442. The van der Waals surface area contributed by atoms with Gasteiger partial charge in [0.2, 0.25) is 0 Å². The van der Waals surface area contributed by atoms with E-state index >= 15 is 0 Å². The number of rotatable bonds is 4. The maximum Gasteiger partial charge on any atom is 0.324 e. The van der Waals surface area contributed by atoms with Crippen molar-refractivity contribution in [2.24, 2.45) is 0 Å². The van der Waals surface area contributed by atoms with Crippen LogP contribution in [0.3, 0.4) is 0 Å². The van der Waals surface area contributed by atoms with E-state index in [1.54, 1.807) is 6.07 Å². The van der Waals surface area contributed by atoms with Crippen molar-refractivity contribution in [1.82, 2.24) is 0 Å². The Morgan fingerprint density at radius 3 is 2.65 bits per heavy atom.